The van der Waals surface area contributed by atoms with E-state index >= 15 is 0 Å². The Morgan fingerprint density at radius 1 is 1.17 bits per heavy atom. The Balaban J connectivity index is 4.07. The number of hydrogen-bond acceptors (Lipinski definition) is 1. The number of ether oxygens (including phenoxy) is 1. The molecule has 0 saturated carbocycles. The summed E-state index contributed by atoms with van der Waals surface area (Å²) < 4.78 is 5.39. The Kier molecular flexibility index (Phi) is 5.80. The minimum atomic E-state index is 0.850. The van der Waals surface area contributed by atoms with Gasteiger partial charge in [0.15, 0.2) is 0 Å². The Morgan fingerprint density at radius 2 is 1.75 bits per heavy atom. The summed E-state index contributed by atoms with van der Waals surface area (Å²) in [4.78, 5) is 0. The monoisotopic (exact) mass is 164 g/mol. The predicted octanol–water partition coefficient (Wildman–Crippen LogP) is 3.57. The van der Waals surface area contributed by atoms with E-state index in [1.165, 1.54) is 0 Å². The largest absolute Gasteiger partial charge is 0.467 e. The van der Waals surface area contributed by atoms with Gasteiger partial charge in [-0.15, -0.1) is 0 Å². The van der Waals surface area contributed by atoms with Crippen LogP contribution in [0.25, 0.3) is 0 Å². The molecular formula is C11H16O. The fourth-order valence-electron chi connectivity index (χ4n) is 0.720. The fraction of sp³-hybridized carbons (Fsp3) is 0.273. The zero-order valence-electron chi connectivity index (χ0n) is 8.00. The summed E-state index contributed by atoms with van der Waals surface area (Å²) in [6.45, 7) is 9.36. The van der Waals surface area contributed by atoms with E-state index < -0.39 is 0 Å². The number of hydrogen-bond donors (Lipinski definition) is 0. The maximum atomic E-state index is 5.39. The van der Waals surface area contributed by atoms with Crippen LogP contribution in [0.1, 0.15) is 20.8 Å². The van der Waals surface area contributed by atoms with Gasteiger partial charge in [0.25, 0.3) is 0 Å². The van der Waals surface area contributed by atoms with Crippen molar-refractivity contribution in [2.24, 2.45) is 0 Å². The van der Waals surface area contributed by atoms with Crippen molar-refractivity contribution in [3.63, 3.8) is 0 Å². The van der Waals surface area contributed by atoms with E-state index in [4.69, 9.17) is 4.74 Å². The van der Waals surface area contributed by atoms with Gasteiger partial charge in [0.05, 0.1) is 0 Å². The van der Waals surface area contributed by atoms with E-state index in [0.717, 1.165) is 11.5 Å². The van der Waals surface area contributed by atoms with E-state index in [9.17, 15) is 0 Å². The molecule has 0 unspecified atom stereocenters. The molecule has 0 aliphatic carbocycles. The molecule has 0 N–H and O–H groups in total. The first-order valence-corrected chi connectivity index (χ1v) is 3.97. The summed E-state index contributed by atoms with van der Waals surface area (Å²) in [5.74, 6) is 1.73. The maximum absolute atomic E-state index is 5.39. The standard InChI is InChI=1S/C11H16O/c1-5-7-9-11(4)12-10(3)8-6-2/h5-9H,2H2,1,3-4H3. The van der Waals surface area contributed by atoms with E-state index in [0.29, 0.717) is 0 Å². The van der Waals surface area contributed by atoms with Crippen molar-refractivity contribution in [3.05, 3.63) is 48.5 Å². The van der Waals surface area contributed by atoms with Crippen LogP contribution in [-0.4, -0.2) is 0 Å². The molecule has 0 aromatic rings. The molecule has 66 valence electrons. The quantitative estimate of drug-likeness (QED) is 0.456. The van der Waals surface area contributed by atoms with Crippen molar-refractivity contribution in [2.45, 2.75) is 20.8 Å². The Hall–Kier alpha value is -1.24. The molecule has 0 amide bonds. The van der Waals surface area contributed by atoms with E-state index in [1.54, 1.807) is 6.08 Å². The lowest BCUT2D eigenvalue weighted by Crippen LogP contribution is -1.84. The highest BCUT2D eigenvalue weighted by Crippen LogP contribution is 2.04. The summed E-state index contributed by atoms with van der Waals surface area (Å²) in [5, 5.41) is 0. The average Bonchev–Trinajstić information content (AvgIpc) is 2.01. The first-order chi connectivity index (χ1) is 5.70. The molecule has 0 bridgehead atoms. The Morgan fingerprint density at radius 3 is 2.25 bits per heavy atom. The summed E-state index contributed by atoms with van der Waals surface area (Å²) in [5.41, 5.74) is 0. The highest BCUT2D eigenvalue weighted by molar-refractivity contribution is 5.09. The van der Waals surface area contributed by atoms with Crippen LogP contribution in [0.5, 0.6) is 0 Å². The molecule has 0 radical (unpaired) electrons. The van der Waals surface area contributed by atoms with Crippen molar-refractivity contribution in [3.8, 4) is 0 Å². The number of rotatable bonds is 4. The topological polar surface area (TPSA) is 9.23 Å². The molecule has 1 nitrogen and oxygen atoms in total. The van der Waals surface area contributed by atoms with E-state index in [1.807, 2.05) is 45.1 Å². The van der Waals surface area contributed by atoms with Crippen LogP contribution in [-0.2, 0) is 4.74 Å². The minimum absolute atomic E-state index is 0.850. The smallest absolute Gasteiger partial charge is 0.100 e. The van der Waals surface area contributed by atoms with Gasteiger partial charge in [-0.2, -0.15) is 0 Å². The summed E-state index contributed by atoms with van der Waals surface area (Å²) in [7, 11) is 0. The van der Waals surface area contributed by atoms with Gasteiger partial charge in [-0.3, -0.25) is 0 Å². The first kappa shape index (κ1) is 10.8. The number of allylic oxidation sites excluding steroid dienone is 7. The summed E-state index contributed by atoms with van der Waals surface area (Å²) >= 11 is 0. The van der Waals surface area contributed by atoms with Crippen LogP contribution in [0.15, 0.2) is 48.5 Å². The third-order valence-electron chi connectivity index (χ3n) is 1.20. The van der Waals surface area contributed by atoms with Crippen molar-refractivity contribution in [2.75, 3.05) is 0 Å². The van der Waals surface area contributed by atoms with Crippen LogP contribution >= 0.6 is 0 Å². The predicted molar refractivity (Wildman–Crippen MR) is 53.6 cm³/mol. The molecule has 0 spiro atoms. The van der Waals surface area contributed by atoms with Gasteiger partial charge < -0.3 is 4.74 Å². The van der Waals surface area contributed by atoms with Gasteiger partial charge in [0.1, 0.15) is 11.5 Å². The normalized spacial score (nSPS) is 13.6. The third-order valence-corrected chi connectivity index (χ3v) is 1.20. The Labute approximate surface area is 74.7 Å². The second-order valence-electron chi connectivity index (χ2n) is 2.42. The van der Waals surface area contributed by atoms with Crippen molar-refractivity contribution in [1.82, 2.24) is 0 Å². The summed E-state index contributed by atoms with van der Waals surface area (Å²) in [6, 6.07) is 0. The van der Waals surface area contributed by atoms with Gasteiger partial charge in [0, 0.05) is 0 Å². The van der Waals surface area contributed by atoms with Crippen LogP contribution in [0.2, 0.25) is 0 Å². The maximum Gasteiger partial charge on any atom is 0.100 e. The van der Waals surface area contributed by atoms with Crippen molar-refractivity contribution >= 4 is 0 Å². The van der Waals surface area contributed by atoms with Crippen LogP contribution in [0.4, 0.5) is 0 Å². The molecule has 0 heterocycles. The molecule has 0 atom stereocenters. The van der Waals surface area contributed by atoms with Gasteiger partial charge >= 0.3 is 0 Å². The molecule has 0 aliphatic rings. The second-order valence-corrected chi connectivity index (χ2v) is 2.42. The molecule has 0 rings (SSSR count). The lowest BCUT2D eigenvalue weighted by molar-refractivity contribution is 0.309. The van der Waals surface area contributed by atoms with Gasteiger partial charge in [-0.05, 0) is 32.9 Å². The lowest BCUT2D eigenvalue weighted by Gasteiger charge is -2.03. The summed E-state index contributed by atoms with van der Waals surface area (Å²) in [6.07, 6.45) is 9.35. The van der Waals surface area contributed by atoms with E-state index in [2.05, 4.69) is 6.58 Å². The molecular weight excluding hydrogens is 148 g/mol. The Bertz CT molecular complexity index is 219. The van der Waals surface area contributed by atoms with Gasteiger partial charge in [-0.1, -0.05) is 24.8 Å². The highest BCUT2D eigenvalue weighted by Gasteiger charge is 1.88. The molecule has 0 aliphatic heterocycles. The van der Waals surface area contributed by atoms with E-state index in [-0.39, 0.29) is 0 Å². The zero-order valence-corrected chi connectivity index (χ0v) is 8.00. The van der Waals surface area contributed by atoms with Crippen LogP contribution in [0, 0.1) is 0 Å². The average molecular weight is 164 g/mol. The molecule has 0 saturated heterocycles. The van der Waals surface area contributed by atoms with Gasteiger partial charge in [-0.25, -0.2) is 0 Å². The van der Waals surface area contributed by atoms with Crippen LogP contribution < -0.4 is 0 Å². The first-order valence-electron chi connectivity index (χ1n) is 3.97. The lowest BCUT2D eigenvalue weighted by atomic mass is 10.4. The molecule has 12 heavy (non-hydrogen) atoms. The van der Waals surface area contributed by atoms with Crippen LogP contribution in [0.3, 0.4) is 0 Å². The zero-order chi connectivity index (χ0) is 9.40. The molecule has 0 fully saturated rings. The SMILES string of the molecule is C=CC=C(C)OC(C)=CC=CC. The van der Waals surface area contributed by atoms with Crippen molar-refractivity contribution < 1.29 is 4.74 Å². The molecule has 1 heteroatoms. The van der Waals surface area contributed by atoms with Crippen molar-refractivity contribution in [1.29, 1.82) is 0 Å². The molecule has 0 aromatic carbocycles. The third kappa shape index (κ3) is 5.54. The second kappa shape index (κ2) is 6.47. The molecule has 0 aromatic heterocycles. The fourth-order valence-corrected chi connectivity index (χ4v) is 0.720. The van der Waals surface area contributed by atoms with Gasteiger partial charge in [0.2, 0.25) is 0 Å². The minimum Gasteiger partial charge on any atom is -0.467 e. The highest BCUT2D eigenvalue weighted by atomic mass is 16.5.